The van der Waals surface area contributed by atoms with Gasteiger partial charge in [-0.2, -0.15) is 0 Å². The second-order valence-electron chi connectivity index (χ2n) is 6.95. The third-order valence-corrected chi connectivity index (χ3v) is 4.35. The zero-order chi connectivity index (χ0) is 17.5. The van der Waals surface area contributed by atoms with Gasteiger partial charge in [-0.05, 0) is 42.4 Å². The molecular formula is C19H31IN4O. The molecule has 2 N–H and O–H groups in total. The van der Waals surface area contributed by atoms with E-state index in [9.17, 15) is 4.79 Å². The number of nitrogens with one attached hydrogen (secondary N) is 2. The van der Waals surface area contributed by atoms with Gasteiger partial charge in [0.1, 0.15) is 0 Å². The van der Waals surface area contributed by atoms with E-state index in [1.54, 1.807) is 0 Å². The molecule has 1 aliphatic rings. The average Bonchev–Trinajstić information content (AvgIpc) is 2.51. The molecule has 1 aromatic carbocycles. The summed E-state index contributed by atoms with van der Waals surface area (Å²) in [6.45, 7) is 9.15. The van der Waals surface area contributed by atoms with Crippen LogP contribution < -0.4 is 10.6 Å². The monoisotopic (exact) mass is 458 g/mol. The summed E-state index contributed by atoms with van der Waals surface area (Å²) < 4.78 is 0. The number of rotatable bonds is 4. The molecule has 25 heavy (non-hydrogen) atoms. The van der Waals surface area contributed by atoms with Crippen LogP contribution in [0.4, 0.5) is 5.69 Å². The smallest absolute Gasteiger partial charge is 0.221 e. The van der Waals surface area contributed by atoms with Crippen LogP contribution in [0.15, 0.2) is 29.3 Å². The quantitative estimate of drug-likeness (QED) is 0.414. The SMILES string of the molecule is CN=C(NCCc1ccc(NC(C)=O)cc1)N1CC(C)CC(C)C1.I. The van der Waals surface area contributed by atoms with Crippen molar-refractivity contribution in [3.63, 3.8) is 0 Å². The maximum absolute atomic E-state index is 11.0. The summed E-state index contributed by atoms with van der Waals surface area (Å²) in [5.41, 5.74) is 2.08. The van der Waals surface area contributed by atoms with Crippen LogP contribution in [0.2, 0.25) is 0 Å². The molecule has 2 unspecified atom stereocenters. The van der Waals surface area contributed by atoms with E-state index in [1.165, 1.54) is 18.9 Å². The van der Waals surface area contributed by atoms with E-state index in [-0.39, 0.29) is 29.9 Å². The van der Waals surface area contributed by atoms with Crippen molar-refractivity contribution in [1.82, 2.24) is 10.2 Å². The second kappa shape index (κ2) is 10.6. The van der Waals surface area contributed by atoms with Gasteiger partial charge < -0.3 is 15.5 Å². The number of piperidine rings is 1. The molecule has 6 heteroatoms. The highest BCUT2D eigenvalue weighted by atomic mass is 127. The Balaban J connectivity index is 0.00000312. The van der Waals surface area contributed by atoms with Crippen LogP contribution in [0.1, 0.15) is 32.8 Å². The van der Waals surface area contributed by atoms with Crippen molar-refractivity contribution in [2.45, 2.75) is 33.6 Å². The minimum Gasteiger partial charge on any atom is -0.356 e. The lowest BCUT2D eigenvalue weighted by Crippen LogP contribution is -2.48. The first-order valence-electron chi connectivity index (χ1n) is 8.80. The van der Waals surface area contributed by atoms with Crippen LogP contribution in [-0.4, -0.2) is 43.4 Å². The minimum atomic E-state index is -0.0433. The maximum Gasteiger partial charge on any atom is 0.221 e. The number of benzene rings is 1. The summed E-state index contributed by atoms with van der Waals surface area (Å²) in [6.07, 6.45) is 2.23. The minimum absolute atomic E-state index is 0. The van der Waals surface area contributed by atoms with Gasteiger partial charge in [0.15, 0.2) is 5.96 Å². The van der Waals surface area contributed by atoms with Gasteiger partial charge in [0.2, 0.25) is 5.91 Å². The van der Waals surface area contributed by atoms with Crippen molar-refractivity contribution in [3.8, 4) is 0 Å². The highest BCUT2D eigenvalue weighted by Crippen LogP contribution is 2.20. The van der Waals surface area contributed by atoms with Gasteiger partial charge in [0.25, 0.3) is 0 Å². The second-order valence-corrected chi connectivity index (χ2v) is 6.95. The first-order chi connectivity index (χ1) is 11.5. The number of hydrogen-bond acceptors (Lipinski definition) is 2. The van der Waals surface area contributed by atoms with Crippen molar-refractivity contribution < 1.29 is 4.79 Å². The van der Waals surface area contributed by atoms with Crippen LogP contribution in [0.5, 0.6) is 0 Å². The Bertz CT molecular complexity index is 563. The zero-order valence-electron chi connectivity index (χ0n) is 15.7. The standard InChI is InChI=1S/C19H30N4O.HI/c1-14-11-15(2)13-23(12-14)19(20-4)21-10-9-17-5-7-18(8-6-17)22-16(3)24;/h5-8,14-15H,9-13H2,1-4H3,(H,20,21)(H,22,24);1H. The topological polar surface area (TPSA) is 56.7 Å². The molecule has 0 bridgehead atoms. The van der Waals surface area contributed by atoms with Crippen molar-refractivity contribution in [2.24, 2.45) is 16.8 Å². The maximum atomic E-state index is 11.0. The predicted octanol–water partition coefficient (Wildman–Crippen LogP) is 3.36. The first kappa shape index (κ1) is 21.7. The van der Waals surface area contributed by atoms with Crippen molar-refractivity contribution in [3.05, 3.63) is 29.8 Å². The predicted molar refractivity (Wildman–Crippen MR) is 116 cm³/mol. The number of carbonyl (C=O) groups is 1. The third kappa shape index (κ3) is 7.22. The molecule has 1 fully saturated rings. The normalized spacial score (nSPS) is 20.6. The lowest BCUT2D eigenvalue weighted by molar-refractivity contribution is -0.114. The van der Waals surface area contributed by atoms with E-state index in [1.807, 2.05) is 19.2 Å². The summed E-state index contributed by atoms with van der Waals surface area (Å²) in [6, 6.07) is 8.00. The Morgan fingerprint density at radius 3 is 2.32 bits per heavy atom. The van der Waals surface area contributed by atoms with Gasteiger partial charge in [-0.25, -0.2) is 0 Å². The molecule has 140 valence electrons. The Labute approximate surface area is 168 Å². The van der Waals surface area contributed by atoms with E-state index in [0.717, 1.165) is 37.7 Å². The molecule has 2 rings (SSSR count). The lowest BCUT2D eigenvalue weighted by atomic mass is 9.92. The molecular weight excluding hydrogens is 427 g/mol. The molecule has 0 aliphatic carbocycles. The van der Waals surface area contributed by atoms with E-state index in [4.69, 9.17) is 0 Å². The van der Waals surface area contributed by atoms with Crippen LogP contribution in [-0.2, 0) is 11.2 Å². The number of carbonyl (C=O) groups excluding carboxylic acids is 1. The summed E-state index contributed by atoms with van der Waals surface area (Å²) in [7, 11) is 1.86. The molecule has 5 nitrogen and oxygen atoms in total. The third-order valence-electron chi connectivity index (χ3n) is 4.35. The number of aliphatic imine (C=N–C) groups is 1. The summed E-state index contributed by atoms with van der Waals surface area (Å²) in [5, 5.41) is 6.27. The number of halogens is 1. The fourth-order valence-electron chi connectivity index (χ4n) is 3.44. The number of likely N-dealkylation sites (tertiary alicyclic amines) is 1. The van der Waals surface area contributed by atoms with Crippen LogP contribution in [0, 0.1) is 11.8 Å². The number of hydrogen-bond donors (Lipinski definition) is 2. The number of amides is 1. The van der Waals surface area contributed by atoms with Gasteiger partial charge in [-0.15, -0.1) is 24.0 Å². The summed E-state index contributed by atoms with van der Waals surface area (Å²) >= 11 is 0. The molecule has 0 spiro atoms. The largest absolute Gasteiger partial charge is 0.356 e. The van der Waals surface area contributed by atoms with Crippen molar-refractivity contribution in [2.75, 3.05) is 32.0 Å². The fourth-order valence-corrected chi connectivity index (χ4v) is 3.44. The number of guanidine groups is 1. The Hall–Kier alpha value is -1.31. The van der Waals surface area contributed by atoms with Gasteiger partial charge >= 0.3 is 0 Å². The first-order valence-corrected chi connectivity index (χ1v) is 8.80. The number of anilines is 1. The molecule has 2 atom stereocenters. The van der Waals surface area contributed by atoms with Crippen LogP contribution in [0.3, 0.4) is 0 Å². The lowest BCUT2D eigenvalue weighted by Gasteiger charge is -2.37. The van der Waals surface area contributed by atoms with Gasteiger partial charge in [0, 0.05) is 39.3 Å². The highest BCUT2D eigenvalue weighted by molar-refractivity contribution is 14.0. The zero-order valence-corrected chi connectivity index (χ0v) is 18.0. The van der Waals surface area contributed by atoms with E-state index in [2.05, 4.69) is 46.5 Å². The molecule has 1 aromatic rings. The van der Waals surface area contributed by atoms with Crippen LogP contribution in [0.25, 0.3) is 0 Å². The summed E-state index contributed by atoms with van der Waals surface area (Å²) in [5.74, 6) is 2.39. The van der Waals surface area contributed by atoms with Crippen LogP contribution >= 0.6 is 24.0 Å². The Morgan fingerprint density at radius 1 is 1.20 bits per heavy atom. The van der Waals surface area contributed by atoms with E-state index < -0.39 is 0 Å². The molecule has 1 heterocycles. The molecule has 1 saturated heterocycles. The number of nitrogens with zero attached hydrogens (tertiary/aromatic N) is 2. The summed E-state index contributed by atoms with van der Waals surface area (Å²) in [4.78, 5) is 17.9. The molecule has 0 aromatic heterocycles. The molecule has 1 amide bonds. The molecule has 1 aliphatic heterocycles. The van der Waals surface area contributed by atoms with Gasteiger partial charge in [0.05, 0.1) is 0 Å². The van der Waals surface area contributed by atoms with Gasteiger partial charge in [-0.3, -0.25) is 9.79 Å². The van der Waals surface area contributed by atoms with Crippen molar-refractivity contribution in [1.29, 1.82) is 0 Å². The van der Waals surface area contributed by atoms with Gasteiger partial charge in [-0.1, -0.05) is 26.0 Å². The average molecular weight is 458 g/mol. The Kier molecular flexibility index (Phi) is 9.24. The highest BCUT2D eigenvalue weighted by Gasteiger charge is 2.23. The molecule has 0 radical (unpaired) electrons. The Morgan fingerprint density at radius 2 is 1.80 bits per heavy atom. The fraction of sp³-hybridized carbons (Fsp3) is 0.579. The van der Waals surface area contributed by atoms with Crippen molar-refractivity contribution >= 4 is 41.5 Å². The van der Waals surface area contributed by atoms with E-state index in [0.29, 0.717) is 11.8 Å². The molecule has 0 saturated carbocycles. The van der Waals surface area contributed by atoms with E-state index >= 15 is 0 Å².